The van der Waals surface area contributed by atoms with Gasteiger partial charge in [-0.2, -0.15) is 4.98 Å². The highest BCUT2D eigenvalue weighted by molar-refractivity contribution is 5.77. The zero-order chi connectivity index (χ0) is 19.1. The lowest BCUT2D eigenvalue weighted by atomic mass is 9.96. The maximum atomic E-state index is 13.8. The van der Waals surface area contributed by atoms with Crippen molar-refractivity contribution in [2.24, 2.45) is 0 Å². The molecular weight excluding hydrogens is 349 g/mol. The van der Waals surface area contributed by atoms with Gasteiger partial charge in [0, 0.05) is 24.6 Å². The zero-order valence-electron chi connectivity index (χ0n) is 15.9. The van der Waals surface area contributed by atoms with Gasteiger partial charge in [0.1, 0.15) is 5.82 Å². The number of aromatic nitrogens is 4. The van der Waals surface area contributed by atoms with E-state index in [1.54, 1.807) is 10.6 Å². The number of likely N-dealkylation sites (tertiary alicyclic amines) is 1. The van der Waals surface area contributed by atoms with Gasteiger partial charge in [0.05, 0.1) is 11.0 Å². The van der Waals surface area contributed by atoms with Crippen molar-refractivity contribution in [3.05, 3.63) is 40.4 Å². The Morgan fingerprint density at radius 2 is 2.00 bits per heavy atom. The molecule has 144 valence electrons. The van der Waals surface area contributed by atoms with Gasteiger partial charge in [-0.05, 0) is 64.0 Å². The van der Waals surface area contributed by atoms with E-state index < -0.39 is 5.82 Å². The van der Waals surface area contributed by atoms with Crippen LogP contribution in [0.4, 0.5) is 4.39 Å². The number of halogens is 1. The third kappa shape index (κ3) is 3.07. The molecule has 0 amide bonds. The minimum atomic E-state index is -0.408. The van der Waals surface area contributed by atoms with E-state index >= 15 is 0 Å². The molecule has 0 unspecified atom stereocenters. The topological polar surface area (TPSA) is 69.1 Å². The van der Waals surface area contributed by atoms with Crippen LogP contribution in [0.25, 0.3) is 17.0 Å². The fourth-order valence-electron chi connectivity index (χ4n) is 3.88. The molecule has 1 aliphatic rings. The maximum Gasteiger partial charge on any atom is 0.336 e. The van der Waals surface area contributed by atoms with E-state index in [1.807, 2.05) is 6.92 Å². The normalized spacial score (nSPS) is 16.6. The highest BCUT2D eigenvalue weighted by Crippen LogP contribution is 2.28. The van der Waals surface area contributed by atoms with Gasteiger partial charge in [-0.15, -0.1) is 0 Å². The first-order valence-electron chi connectivity index (χ1n) is 9.48. The van der Waals surface area contributed by atoms with Gasteiger partial charge in [-0.25, -0.2) is 13.8 Å². The molecule has 0 spiro atoms. The number of aryl methyl sites for hydroxylation is 1. The summed E-state index contributed by atoms with van der Waals surface area (Å²) in [4.78, 5) is 19.7. The van der Waals surface area contributed by atoms with Crippen molar-refractivity contribution in [2.45, 2.75) is 52.1 Å². The fraction of sp³-hybridized carbons (Fsp3) is 0.526. The summed E-state index contributed by atoms with van der Waals surface area (Å²) in [5.41, 5.74) is 0.810. The molecule has 3 aromatic rings. The molecule has 2 aromatic heterocycles. The Balaban J connectivity index is 1.69. The van der Waals surface area contributed by atoms with Crippen molar-refractivity contribution < 1.29 is 8.91 Å². The lowest BCUT2D eigenvalue weighted by Crippen LogP contribution is -2.37. The largest absolute Gasteiger partial charge is 0.337 e. The Morgan fingerprint density at radius 3 is 2.67 bits per heavy atom. The van der Waals surface area contributed by atoms with Gasteiger partial charge >= 0.3 is 5.69 Å². The summed E-state index contributed by atoms with van der Waals surface area (Å²) in [6.45, 7) is 8.71. The molecule has 0 bridgehead atoms. The van der Waals surface area contributed by atoms with Crippen LogP contribution in [0.15, 0.2) is 27.5 Å². The first-order chi connectivity index (χ1) is 13.0. The minimum Gasteiger partial charge on any atom is -0.337 e. The molecule has 1 fully saturated rings. The van der Waals surface area contributed by atoms with E-state index in [0.29, 0.717) is 29.5 Å². The van der Waals surface area contributed by atoms with Crippen molar-refractivity contribution in [3.8, 4) is 5.95 Å². The Morgan fingerprint density at radius 1 is 1.26 bits per heavy atom. The minimum absolute atomic E-state index is 0.170. The average molecular weight is 373 g/mol. The first kappa shape index (κ1) is 17.9. The van der Waals surface area contributed by atoms with Crippen LogP contribution in [0.1, 0.15) is 45.4 Å². The van der Waals surface area contributed by atoms with Crippen molar-refractivity contribution in [2.75, 3.05) is 13.1 Å². The quantitative estimate of drug-likeness (QED) is 0.703. The smallest absolute Gasteiger partial charge is 0.336 e. The van der Waals surface area contributed by atoms with Crippen molar-refractivity contribution in [1.82, 2.24) is 24.2 Å². The van der Waals surface area contributed by atoms with Gasteiger partial charge in [-0.1, -0.05) is 0 Å². The SMILES string of the molecule is CCn1c(=O)n(-c2noc(C3CCN(C(C)C)CC3)n2)c2cc(F)ccc21. The molecule has 0 saturated carbocycles. The molecule has 0 radical (unpaired) electrons. The summed E-state index contributed by atoms with van der Waals surface area (Å²) in [7, 11) is 0. The molecule has 1 aromatic carbocycles. The van der Waals surface area contributed by atoms with Crippen LogP contribution >= 0.6 is 0 Å². The number of hydrogen-bond acceptors (Lipinski definition) is 5. The van der Waals surface area contributed by atoms with E-state index in [4.69, 9.17) is 4.52 Å². The van der Waals surface area contributed by atoms with Crippen LogP contribution in [-0.4, -0.2) is 43.3 Å². The first-order valence-corrected chi connectivity index (χ1v) is 9.48. The average Bonchev–Trinajstić information content (AvgIpc) is 3.23. The standard InChI is InChI=1S/C19H24FN5O2/c1-4-24-15-6-5-14(20)11-16(15)25(19(24)26)18-21-17(27-22-18)13-7-9-23(10-8-13)12(2)3/h5-6,11-13H,4,7-10H2,1-3H3. The summed E-state index contributed by atoms with van der Waals surface area (Å²) >= 11 is 0. The molecule has 4 rings (SSSR count). The Hall–Kier alpha value is -2.48. The second kappa shape index (κ2) is 6.92. The van der Waals surface area contributed by atoms with Crippen molar-refractivity contribution >= 4 is 11.0 Å². The summed E-state index contributed by atoms with van der Waals surface area (Å²) in [5.74, 6) is 0.501. The number of fused-ring (bicyclic) bond motifs is 1. The number of benzene rings is 1. The van der Waals surface area contributed by atoms with E-state index in [2.05, 4.69) is 28.9 Å². The van der Waals surface area contributed by atoms with E-state index in [-0.39, 0.29) is 17.6 Å². The summed E-state index contributed by atoms with van der Waals surface area (Å²) in [6, 6.07) is 4.81. The van der Waals surface area contributed by atoms with E-state index in [9.17, 15) is 9.18 Å². The summed E-state index contributed by atoms with van der Waals surface area (Å²) in [5, 5.41) is 4.03. The van der Waals surface area contributed by atoms with Gasteiger partial charge in [0.15, 0.2) is 0 Å². The number of hydrogen-bond donors (Lipinski definition) is 0. The highest BCUT2D eigenvalue weighted by atomic mass is 19.1. The van der Waals surface area contributed by atoms with Crippen LogP contribution in [0.3, 0.4) is 0 Å². The number of imidazole rings is 1. The Bertz CT molecular complexity index is 1010. The van der Waals surface area contributed by atoms with Gasteiger partial charge in [0.25, 0.3) is 5.95 Å². The van der Waals surface area contributed by atoms with Crippen molar-refractivity contribution in [3.63, 3.8) is 0 Å². The Labute approximate surface area is 156 Å². The number of nitrogens with zero attached hydrogens (tertiary/aromatic N) is 5. The van der Waals surface area contributed by atoms with Crippen LogP contribution in [0, 0.1) is 5.82 Å². The third-order valence-corrected chi connectivity index (χ3v) is 5.45. The number of rotatable bonds is 4. The summed E-state index contributed by atoms with van der Waals surface area (Å²) in [6.07, 6.45) is 1.89. The highest BCUT2D eigenvalue weighted by Gasteiger charge is 2.27. The predicted molar refractivity (Wildman–Crippen MR) is 99.7 cm³/mol. The maximum absolute atomic E-state index is 13.8. The zero-order valence-corrected chi connectivity index (χ0v) is 15.9. The molecule has 27 heavy (non-hydrogen) atoms. The van der Waals surface area contributed by atoms with Crippen LogP contribution in [0.2, 0.25) is 0 Å². The molecule has 1 aliphatic heterocycles. The van der Waals surface area contributed by atoms with Gasteiger partial charge in [-0.3, -0.25) is 4.57 Å². The fourth-order valence-corrected chi connectivity index (χ4v) is 3.88. The van der Waals surface area contributed by atoms with Crippen LogP contribution in [0.5, 0.6) is 0 Å². The Kier molecular flexibility index (Phi) is 4.59. The molecule has 0 N–H and O–H groups in total. The molecule has 1 saturated heterocycles. The monoisotopic (exact) mass is 373 g/mol. The van der Waals surface area contributed by atoms with E-state index in [0.717, 1.165) is 25.9 Å². The van der Waals surface area contributed by atoms with Crippen LogP contribution < -0.4 is 5.69 Å². The predicted octanol–water partition coefficient (Wildman–Crippen LogP) is 2.92. The van der Waals surface area contributed by atoms with Crippen LogP contribution in [-0.2, 0) is 6.54 Å². The molecule has 0 atom stereocenters. The third-order valence-electron chi connectivity index (χ3n) is 5.45. The molecule has 0 aliphatic carbocycles. The lowest BCUT2D eigenvalue weighted by Gasteiger charge is -2.33. The van der Waals surface area contributed by atoms with Gasteiger partial charge < -0.3 is 9.42 Å². The molecular formula is C19H24FN5O2. The number of piperidine rings is 1. The molecule has 7 nitrogen and oxygen atoms in total. The second-order valence-corrected chi connectivity index (χ2v) is 7.33. The van der Waals surface area contributed by atoms with Crippen molar-refractivity contribution in [1.29, 1.82) is 0 Å². The molecule has 3 heterocycles. The van der Waals surface area contributed by atoms with E-state index in [1.165, 1.54) is 16.7 Å². The lowest BCUT2D eigenvalue weighted by molar-refractivity contribution is 0.160. The van der Waals surface area contributed by atoms with Gasteiger partial charge in [0.2, 0.25) is 5.89 Å². The summed E-state index contributed by atoms with van der Waals surface area (Å²) < 4.78 is 22.2. The molecule has 8 heteroatoms. The second-order valence-electron chi connectivity index (χ2n) is 7.33.